The Morgan fingerprint density at radius 2 is 2.00 bits per heavy atom. The monoisotopic (exact) mass is 213 g/mol. The Morgan fingerprint density at radius 3 is 2.43 bits per heavy atom. The van der Waals surface area contributed by atoms with E-state index in [-0.39, 0.29) is 5.71 Å². The maximum absolute atomic E-state index is 10.7. The standard InChI is InChI=1S/C9H8ClNO3/c1-14-11-8(9(12)13)6-2-4-7(10)5-3-6/h2-5H,1H3,(H,12,13)/b11-8-. The highest BCUT2D eigenvalue weighted by Crippen LogP contribution is 2.10. The van der Waals surface area contributed by atoms with Crippen LogP contribution in [0.1, 0.15) is 5.56 Å². The van der Waals surface area contributed by atoms with Crippen molar-refractivity contribution in [3.05, 3.63) is 34.9 Å². The quantitative estimate of drug-likeness (QED) is 0.615. The summed E-state index contributed by atoms with van der Waals surface area (Å²) in [5.74, 6) is -1.14. The summed E-state index contributed by atoms with van der Waals surface area (Å²) in [6.45, 7) is 0. The lowest BCUT2D eigenvalue weighted by Gasteiger charge is -2.00. The lowest BCUT2D eigenvalue weighted by Crippen LogP contribution is -2.14. The number of hydrogen-bond donors (Lipinski definition) is 1. The average Bonchev–Trinajstić information content (AvgIpc) is 2.15. The smallest absolute Gasteiger partial charge is 0.358 e. The van der Waals surface area contributed by atoms with Crippen LogP contribution in [0.3, 0.4) is 0 Å². The van der Waals surface area contributed by atoms with Gasteiger partial charge in [0.25, 0.3) is 0 Å². The van der Waals surface area contributed by atoms with Crippen LogP contribution in [0.2, 0.25) is 5.02 Å². The second-order valence-corrected chi connectivity index (χ2v) is 2.87. The normalized spacial score (nSPS) is 11.1. The van der Waals surface area contributed by atoms with Crippen molar-refractivity contribution in [1.29, 1.82) is 0 Å². The van der Waals surface area contributed by atoms with Crippen molar-refractivity contribution in [1.82, 2.24) is 0 Å². The predicted molar refractivity (Wildman–Crippen MR) is 52.6 cm³/mol. The Bertz CT molecular complexity index is 359. The van der Waals surface area contributed by atoms with E-state index in [1.165, 1.54) is 7.11 Å². The molecule has 1 rings (SSSR count). The zero-order valence-electron chi connectivity index (χ0n) is 7.40. The van der Waals surface area contributed by atoms with Gasteiger partial charge in [0.15, 0.2) is 5.71 Å². The third-order valence-corrected chi connectivity index (χ3v) is 1.75. The summed E-state index contributed by atoms with van der Waals surface area (Å²) in [5.41, 5.74) is 0.299. The largest absolute Gasteiger partial charge is 0.476 e. The van der Waals surface area contributed by atoms with Crippen molar-refractivity contribution in [3.8, 4) is 0 Å². The fourth-order valence-corrected chi connectivity index (χ4v) is 1.04. The number of oxime groups is 1. The summed E-state index contributed by atoms with van der Waals surface area (Å²) in [4.78, 5) is 15.2. The Balaban J connectivity index is 3.06. The van der Waals surface area contributed by atoms with E-state index in [0.717, 1.165) is 0 Å². The highest BCUT2D eigenvalue weighted by atomic mass is 35.5. The first kappa shape index (κ1) is 10.5. The lowest BCUT2D eigenvalue weighted by atomic mass is 10.1. The van der Waals surface area contributed by atoms with Crippen molar-refractivity contribution in [3.63, 3.8) is 0 Å². The second kappa shape index (κ2) is 4.62. The summed E-state index contributed by atoms with van der Waals surface area (Å²) in [7, 11) is 1.29. The molecule has 0 bridgehead atoms. The van der Waals surface area contributed by atoms with Gasteiger partial charge in [0.05, 0.1) is 0 Å². The number of aliphatic carboxylic acids is 1. The first-order valence-electron chi connectivity index (χ1n) is 3.75. The molecule has 0 aliphatic heterocycles. The number of carbonyl (C=O) groups is 1. The molecule has 1 N–H and O–H groups in total. The van der Waals surface area contributed by atoms with Crippen molar-refractivity contribution in [2.24, 2.45) is 5.16 Å². The molecule has 0 saturated carbocycles. The Kier molecular flexibility index (Phi) is 3.48. The molecule has 0 fully saturated rings. The molecule has 0 atom stereocenters. The van der Waals surface area contributed by atoms with Gasteiger partial charge in [0, 0.05) is 10.6 Å². The summed E-state index contributed by atoms with van der Waals surface area (Å²) in [6, 6.07) is 6.30. The zero-order chi connectivity index (χ0) is 10.6. The molecule has 0 saturated heterocycles. The third kappa shape index (κ3) is 2.47. The van der Waals surface area contributed by atoms with Crippen LogP contribution in [-0.4, -0.2) is 23.9 Å². The van der Waals surface area contributed by atoms with E-state index >= 15 is 0 Å². The minimum atomic E-state index is -1.14. The number of carboxylic acids is 1. The van der Waals surface area contributed by atoms with Crippen LogP contribution in [0.5, 0.6) is 0 Å². The number of halogens is 1. The number of hydrogen-bond acceptors (Lipinski definition) is 3. The molecule has 0 radical (unpaired) electrons. The predicted octanol–water partition coefficient (Wildman–Crippen LogP) is 1.78. The summed E-state index contributed by atoms with van der Waals surface area (Å²) in [5, 5.41) is 12.7. The fraction of sp³-hybridized carbons (Fsp3) is 0.111. The van der Waals surface area contributed by atoms with Crippen LogP contribution in [0.15, 0.2) is 29.4 Å². The molecule has 0 spiro atoms. The van der Waals surface area contributed by atoms with Crippen molar-refractivity contribution in [2.75, 3.05) is 7.11 Å². The summed E-state index contributed by atoms with van der Waals surface area (Å²) >= 11 is 5.65. The number of nitrogens with zero attached hydrogens (tertiary/aromatic N) is 1. The molecular formula is C9H8ClNO3. The van der Waals surface area contributed by atoms with Gasteiger partial charge in [-0.15, -0.1) is 0 Å². The maximum Gasteiger partial charge on any atom is 0.358 e. The summed E-state index contributed by atoms with van der Waals surface area (Å²) in [6.07, 6.45) is 0. The van der Waals surface area contributed by atoms with Gasteiger partial charge in [-0.2, -0.15) is 0 Å². The first-order chi connectivity index (χ1) is 6.65. The molecule has 0 heterocycles. The van der Waals surface area contributed by atoms with Crippen LogP contribution in [0.4, 0.5) is 0 Å². The van der Waals surface area contributed by atoms with Gasteiger partial charge in [-0.3, -0.25) is 0 Å². The third-order valence-electron chi connectivity index (χ3n) is 1.50. The van der Waals surface area contributed by atoms with Crippen LogP contribution in [0.25, 0.3) is 0 Å². The van der Waals surface area contributed by atoms with Gasteiger partial charge in [-0.25, -0.2) is 4.79 Å². The van der Waals surface area contributed by atoms with Gasteiger partial charge < -0.3 is 9.94 Å². The fourth-order valence-electron chi connectivity index (χ4n) is 0.914. The molecule has 1 aromatic rings. The van der Waals surface area contributed by atoms with E-state index in [0.29, 0.717) is 10.6 Å². The van der Waals surface area contributed by atoms with Gasteiger partial charge in [0.2, 0.25) is 0 Å². The van der Waals surface area contributed by atoms with E-state index in [9.17, 15) is 4.79 Å². The van der Waals surface area contributed by atoms with Crippen LogP contribution in [-0.2, 0) is 9.63 Å². The van der Waals surface area contributed by atoms with Crippen molar-refractivity contribution < 1.29 is 14.7 Å². The maximum atomic E-state index is 10.7. The number of rotatable bonds is 3. The Labute approximate surface area is 85.7 Å². The van der Waals surface area contributed by atoms with Crippen LogP contribution < -0.4 is 0 Å². The van der Waals surface area contributed by atoms with Crippen molar-refractivity contribution in [2.45, 2.75) is 0 Å². The topological polar surface area (TPSA) is 58.9 Å². The molecule has 1 aromatic carbocycles. The van der Waals surface area contributed by atoms with Gasteiger partial charge >= 0.3 is 5.97 Å². The molecule has 0 amide bonds. The number of benzene rings is 1. The molecule has 5 heteroatoms. The van der Waals surface area contributed by atoms with E-state index in [2.05, 4.69) is 9.99 Å². The van der Waals surface area contributed by atoms with E-state index in [1.54, 1.807) is 24.3 Å². The lowest BCUT2D eigenvalue weighted by molar-refractivity contribution is -0.129. The van der Waals surface area contributed by atoms with E-state index in [1.807, 2.05) is 0 Å². The van der Waals surface area contributed by atoms with Crippen LogP contribution in [0, 0.1) is 0 Å². The molecule has 0 unspecified atom stereocenters. The van der Waals surface area contributed by atoms with E-state index in [4.69, 9.17) is 16.7 Å². The van der Waals surface area contributed by atoms with Crippen molar-refractivity contribution >= 4 is 23.3 Å². The summed E-state index contributed by atoms with van der Waals surface area (Å²) < 4.78 is 0. The van der Waals surface area contributed by atoms with Crippen LogP contribution >= 0.6 is 11.6 Å². The molecular weight excluding hydrogens is 206 g/mol. The zero-order valence-corrected chi connectivity index (χ0v) is 8.15. The minimum Gasteiger partial charge on any atom is -0.476 e. The second-order valence-electron chi connectivity index (χ2n) is 2.43. The molecule has 0 aliphatic carbocycles. The Morgan fingerprint density at radius 1 is 1.43 bits per heavy atom. The molecule has 0 aliphatic rings. The van der Waals surface area contributed by atoms with Gasteiger partial charge in [0.1, 0.15) is 7.11 Å². The average molecular weight is 214 g/mol. The highest BCUT2D eigenvalue weighted by molar-refractivity contribution is 6.42. The molecule has 0 aromatic heterocycles. The van der Waals surface area contributed by atoms with Gasteiger partial charge in [-0.1, -0.05) is 28.9 Å². The SMILES string of the molecule is CO/N=C(\C(=O)O)c1ccc(Cl)cc1. The molecule has 4 nitrogen and oxygen atoms in total. The van der Waals surface area contributed by atoms with E-state index < -0.39 is 5.97 Å². The number of carboxylic acid groups (broad SMARTS) is 1. The minimum absolute atomic E-state index is 0.149. The molecule has 74 valence electrons. The highest BCUT2D eigenvalue weighted by Gasteiger charge is 2.12. The molecule has 14 heavy (non-hydrogen) atoms. The first-order valence-corrected chi connectivity index (χ1v) is 4.13. The Hall–Kier alpha value is -1.55. The van der Waals surface area contributed by atoms with Gasteiger partial charge in [-0.05, 0) is 12.1 Å².